The van der Waals surface area contributed by atoms with E-state index in [1.54, 1.807) is 45.0 Å². The van der Waals surface area contributed by atoms with E-state index in [1.165, 1.54) is 11.8 Å². The fourth-order valence-electron chi connectivity index (χ4n) is 3.84. The van der Waals surface area contributed by atoms with Crippen LogP contribution in [-0.4, -0.2) is 59.3 Å². The number of nitrogens with two attached hydrogens (primary N) is 1. The summed E-state index contributed by atoms with van der Waals surface area (Å²) in [4.78, 5) is 49.7. The Hall–Kier alpha value is -3.40. The minimum atomic E-state index is -0.868. The lowest BCUT2D eigenvalue weighted by molar-refractivity contribution is -0.175. The van der Waals surface area contributed by atoms with Gasteiger partial charge < -0.3 is 30.0 Å². The fourth-order valence-corrected chi connectivity index (χ4v) is 3.84. The van der Waals surface area contributed by atoms with E-state index in [-0.39, 0.29) is 24.3 Å². The highest BCUT2D eigenvalue weighted by molar-refractivity contribution is 6.06. The van der Waals surface area contributed by atoms with E-state index in [9.17, 15) is 24.3 Å². The summed E-state index contributed by atoms with van der Waals surface area (Å²) in [5.41, 5.74) is 5.58. The van der Waals surface area contributed by atoms with Gasteiger partial charge in [-0.15, -0.1) is 0 Å². The molecule has 0 radical (unpaired) electrons. The van der Waals surface area contributed by atoms with Crippen molar-refractivity contribution in [2.75, 3.05) is 13.4 Å². The van der Waals surface area contributed by atoms with Crippen LogP contribution < -0.4 is 10.5 Å². The van der Waals surface area contributed by atoms with Crippen LogP contribution in [0.3, 0.4) is 0 Å². The number of carbonyl (C=O) groups excluding carboxylic acids is 4. The first-order valence-electron chi connectivity index (χ1n) is 10.5. The van der Waals surface area contributed by atoms with Crippen LogP contribution in [0.15, 0.2) is 30.0 Å². The second kappa shape index (κ2) is 9.22. The molecular formula is C23H28N2O8. The summed E-state index contributed by atoms with van der Waals surface area (Å²) < 4.78 is 15.4. The summed E-state index contributed by atoms with van der Waals surface area (Å²) >= 11 is 0. The van der Waals surface area contributed by atoms with Crippen molar-refractivity contribution in [2.24, 2.45) is 17.1 Å². The zero-order valence-electron chi connectivity index (χ0n) is 19.0. The number of amides is 2. The predicted octanol–water partition coefficient (Wildman–Crippen LogP) is 0.963. The van der Waals surface area contributed by atoms with Crippen molar-refractivity contribution in [1.29, 1.82) is 0 Å². The highest BCUT2D eigenvalue weighted by Gasteiger charge is 2.57. The molecule has 2 amide bonds. The Kier molecular flexibility index (Phi) is 6.78. The van der Waals surface area contributed by atoms with Crippen LogP contribution >= 0.6 is 0 Å². The minimum Gasteiger partial charge on any atom is -0.484 e. The Morgan fingerprint density at radius 2 is 1.82 bits per heavy atom. The van der Waals surface area contributed by atoms with Gasteiger partial charge in [-0.05, 0) is 57.4 Å². The molecule has 2 heterocycles. The molecule has 3 rings (SSSR count). The van der Waals surface area contributed by atoms with Crippen molar-refractivity contribution in [3.05, 3.63) is 35.5 Å². The van der Waals surface area contributed by atoms with Crippen molar-refractivity contribution in [3.63, 3.8) is 0 Å². The third-order valence-corrected chi connectivity index (χ3v) is 5.50. The summed E-state index contributed by atoms with van der Waals surface area (Å²) in [6.07, 6.45) is -0.526. The van der Waals surface area contributed by atoms with Crippen LogP contribution in [0.5, 0.6) is 5.75 Å². The van der Waals surface area contributed by atoms with E-state index in [0.29, 0.717) is 23.3 Å². The number of rotatable bonds is 8. The van der Waals surface area contributed by atoms with Crippen molar-refractivity contribution in [1.82, 2.24) is 4.90 Å². The topological polar surface area (TPSA) is 145 Å². The van der Waals surface area contributed by atoms with Gasteiger partial charge in [-0.1, -0.05) is 12.1 Å². The number of aliphatic hydroxyl groups is 1. The zero-order chi connectivity index (χ0) is 24.5. The van der Waals surface area contributed by atoms with Crippen molar-refractivity contribution < 1.29 is 38.5 Å². The van der Waals surface area contributed by atoms with Gasteiger partial charge in [-0.3, -0.25) is 14.4 Å². The summed E-state index contributed by atoms with van der Waals surface area (Å²) in [5.74, 6) is -2.53. The molecule has 1 aromatic carbocycles. The van der Waals surface area contributed by atoms with E-state index in [4.69, 9.17) is 19.9 Å². The quantitative estimate of drug-likeness (QED) is 0.331. The van der Waals surface area contributed by atoms with Crippen LogP contribution in [0.4, 0.5) is 0 Å². The van der Waals surface area contributed by atoms with Gasteiger partial charge in [-0.25, -0.2) is 4.79 Å². The van der Waals surface area contributed by atoms with Crippen molar-refractivity contribution >= 4 is 29.3 Å². The molecule has 178 valence electrons. The fraction of sp³-hybridized carbons (Fsp3) is 0.478. The molecular weight excluding hydrogens is 432 g/mol. The second-order valence-corrected chi connectivity index (χ2v) is 9.08. The maximum atomic E-state index is 12.9. The maximum absolute atomic E-state index is 12.9. The van der Waals surface area contributed by atoms with Crippen LogP contribution in [0.1, 0.15) is 39.7 Å². The summed E-state index contributed by atoms with van der Waals surface area (Å²) in [6.45, 7) is 5.69. The van der Waals surface area contributed by atoms with Gasteiger partial charge >= 0.3 is 11.9 Å². The van der Waals surface area contributed by atoms with E-state index in [2.05, 4.69) is 0 Å². The molecule has 0 unspecified atom stereocenters. The van der Waals surface area contributed by atoms with Gasteiger partial charge in [-0.2, -0.15) is 0 Å². The van der Waals surface area contributed by atoms with E-state index >= 15 is 0 Å². The molecule has 0 spiro atoms. The second-order valence-electron chi connectivity index (χ2n) is 9.08. The largest absolute Gasteiger partial charge is 0.484 e. The Bertz CT molecular complexity index is 991. The molecule has 33 heavy (non-hydrogen) atoms. The van der Waals surface area contributed by atoms with Crippen molar-refractivity contribution in [3.8, 4) is 5.75 Å². The highest BCUT2D eigenvalue weighted by atomic mass is 16.7. The number of nitrogens with zero attached hydrogens (tertiary/aromatic N) is 1. The van der Waals surface area contributed by atoms with Crippen LogP contribution in [0.2, 0.25) is 0 Å². The Morgan fingerprint density at radius 3 is 2.36 bits per heavy atom. The number of β-lactam (4-membered cyclic amide) rings is 1. The normalized spacial score (nSPS) is 20.6. The summed E-state index contributed by atoms with van der Waals surface area (Å²) in [6, 6.07) is 6.22. The van der Waals surface area contributed by atoms with Gasteiger partial charge in [0.25, 0.3) is 5.91 Å². The van der Waals surface area contributed by atoms with Gasteiger partial charge in [0.2, 0.25) is 12.7 Å². The molecule has 3 N–H and O–H groups in total. The lowest BCUT2D eigenvalue weighted by Gasteiger charge is -2.44. The number of benzene rings is 1. The van der Waals surface area contributed by atoms with Gasteiger partial charge in [0.05, 0.1) is 23.5 Å². The van der Waals surface area contributed by atoms with E-state index < -0.39 is 42.1 Å². The molecule has 2 aliphatic rings. The molecule has 0 aromatic heterocycles. The number of hydrogen-bond acceptors (Lipinski definition) is 8. The molecule has 1 fully saturated rings. The first kappa shape index (κ1) is 24.2. The molecule has 10 nitrogen and oxygen atoms in total. The van der Waals surface area contributed by atoms with Crippen molar-refractivity contribution in [2.45, 2.75) is 46.3 Å². The summed E-state index contributed by atoms with van der Waals surface area (Å²) in [7, 11) is 0. The van der Waals surface area contributed by atoms with Crippen LogP contribution in [0.25, 0.3) is 5.57 Å². The molecule has 1 aromatic rings. The third-order valence-electron chi connectivity index (χ3n) is 5.50. The van der Waals surface area contributed by atoms with Crippen LogP contribution in [-0.2, 0) is 28.7 Å². The average Bonchev–Trinajstić information content (AvgIpc) is 3.06. The lowest BCUT2D eigenvalue weighted by Crippen LogP contribution is -2.61. The molecule has 3 atom stereocenters. The number of fused-ring (bicyclic) bond motifs is 1. The van der Waals surface area contributed by atoms with Gasteiger partial charge in [0, 0.05) is 0 Å². The number of primary amides is 1. The summed E-state index contributed by atoms with van der Waals surface area (Å²) in [5, 5.41) is 10.00. The molecule has 1 saturated heterocycles. The van der Waals surface area contributed by atoms with E-state index in [0.717, 1.165) is 0 Å². The lowest BCUT2D eigenvalue weighted by atomic mass is 9.82. The Balaban J connectivity index is 1.82. The van der Waals surface area contributed by atoms with E-state index in [1.807, 2.05) is 0 Å². The number of aliphatic hydroxyl groups excluding tert-OH is 1. The predicted molar refractivity (Wildman–Crippen MR) is 115 cm³/mol. The first-order chi connectivity index (χ1) is 15.4. The average molecular weight is 460 g/mol. The maximum Gasteiger partial charge on any atom is 0.358 e. The molecule has 0 aliphatic carbocycles. The Labute approximate surface area is 191 Å². The highest BCUT2D eigenvalue weighted by Crippen LogP contribution is 2.47. The smallest absolute Gasteiger partial charge is 0.358 e. The van der Waals surface area contributed by atoms with Gasteiger partial charge in [0.15, 0.2) is 6.61 Å². The molecule has 0 bridgehead atoms. The number of carbonyl (C=O) groups is 4. The van der Waals surface area contributed by atoms with Crippen LogP contribution in [0, 0.1) is 11.3 Å². The molecule has 0 saturated carbocycles. The zero-order valence-corrected chi connectivity index (χ0v) is 19.0. The standard InChI is InChI=1S/C23H28N2O8/c1-12(26)18-16-9-15(13-5-7-14(8-6-13)31-10-17(24)27)19(25(16)20(18)28)21(29)32-11-33-22(30)23(2,3)4/h5-8,12,16,18,26H,9-11H2,1-4H3,(H2,24,27)/t12-,16-,18-/m1/s1. The van der Waals surface area contributed by atoms with Gasteiger partial charge in [0.1, 0.15) is 11.4 Å². The molecule has 2 aliphatic heterocycles. The first-order valence-corrected chi connectivity index (χ1v) is 10.5. The third kappa shape index (κ3) is 5.00. The number of hydrogen-bond donors (Lipinski definition) is 2. The molecule has 10 heteroatoms. The Morgan fingerprint density at radius 1 is 1.18 bits per heavy atom. The number of ether oxygens (including phenoxy) is 3. The SMILES string of the molecule is C[C@@H](O)[C@H]1C(=O)N2C(C(=O)OCOC(=O)C(C)(C)C)=C(c3ccc(OCC(N)=O)cc3)C[C@H]12. The minimum absolute atomic E-state index is 0.0551. The number of esters is 2. The monoisotopic (exact) mass is 460 g/mol.